The topological polar surface area (TPSA) is 61.6 Å². The van der Waals surface area contributed by atoms with E-state index in [0.29, 0.717) is 22.4 Å². The number of hydrogen-bond acceptors (Lipinski definition) is 4. The number of nitrogens with zero attached hydrogens (tertiary/aromatic N) is 3. The lowest BCUT2D eigenvalue weighted by Gasteiger charge is -2.37. The first-order chi connectivity index (χ1) is 16.0. The molecule has 1 aromatic heterocycles. The van der Waals surface area contributed by atoms with Crippen LogP contribution in [0.4, 0.5) is 14.9 Å². The van der Waals surface area contributed by atoms with Gasteiger partial charge in [-0.05, 0) is 81.1 Å². The molecular weight excluding hydrogens is 443 g/mol. The van der Waals surface area contributed by atoms with Crippen molar-refractivity contribution in [2.75, 3.05) is 38.0 Å². The third-order valence-electron chi connectivity index (χ3n) is 6.95. The number of rotatable bonds is 4. The van der Waals surface area contributed by atoms with E-state index >= 15 is 0 Å². The number of fused-ring (bicyclic) bond motifs is 1. The molecule has 0 aliphatic carbocycles. The maximum atomic E-state index is 13.4. The van der Waals surface area contributed by atoms with E-state index in [1.807, 2.05) is 17.0 Å². The quantitative estimate of drug-likeness (QED) is 0.527. The smallest absolute Gasteiger partial charge is 0.321 e. The molecule has 0 bridgehead atoms. The molecule has 1 N–H and O–H groups in total. The average molecular weight is 471 g/mol. The third kappa shape index (κ3) is 5.14. The summed E-state index contributed by atoms with van der Waals surface area (Å²) in [5.74, 6) is 0.664. The number of benzene rings is 2. The van der Waals surface area contributed by atoms with Gasteiger partial charge in [-0.2, -0.15) is 0 Å². The number of carbonyl (C=O) groups is 1. The van der Waals surface area contributed by atoms with Crippen LogP contribution in [0.15, 0.2) is 47.0 Å². The monoisotopic (exact) mass is 470 g/mol. The SMILES string of the molecule is O=C(Nc1ccc(Cl)cc1)N1CCC(CN2CCC(c3noc4cc(F)ccc34)CC2)CC1. The number of piperidine rings is 2. The third-order valence-corrected chi connectivity index (χ3v) is 7.20. The first kappa shape index (κ1) is 22.2. The summed E-state index contributed by atoms with van der Waals surface area (Å²) in [6.45, 7) is 4.68. The molecule has 3 aromatic rings. The van der Waals surface area contributed by atoms with Gasteiger partial charge in [-0.1, -0.05) is 16.8 Å². The Bertz CT molecular complexity index is 1100. The number of aromatic nitrogens is 1. The summed E-state index contributed by atoms with van der Waals surface area (Å²) in [5.41, 5.74) is 2.25. The Morgan fingerprint density at radius 2 is 1.79 bits per heavy atom. The summed E-state index contributed by atoms with van der Waals surface area (Å²) < 4.78 is 18.8. The Hall–Kier alpha value is -2.64. The molecule has 5 rings (SSSR count). The molecule has 0 unspecified atom stereocenters. The highest BCUT2D eigenvalue weighted by Gasteiger charge is 2.28. The van der Waals surface area contributed by atoms with Gasteiger partial charge in [-0.25, -0.2) is 9.18 Å². The highest BCUT2D eigenvalue weighted by Crippen LogP contribution is 2.33. The van der Waals surface area contributed by atoms with Crippen molar-refractivity contribution in [3.63, 3.8) is 0 Å². The molecule has 0 spiro atoms. The highest BCUT2D eigenvalue weighted by molar-refractivity contribution is 6.30. The molecule has 0 atom stereocenters. The molecule has 33 heavy (non-hydrogen) atoms. The molecule has 2 amide bonds. The summed E-state index contributed by atoms with van der Waals surface area (Å²) in [4.78, 5) is 17.0. The lowest BCUT2D eigenvalue weighted by molar-refractivity contribution is 0.136. The fourth-order valence-corrected chi connectivity index (χ4v) is 5.16. The molecule has 2 aliphatic heterocycles. The van der Waals surface area contributed by atoms with Crippen LogP contribution in [0.3, 0.4) is 0 Å². The maximum absolute atomic E-state index is 13.4. The minimum Gasteiger partial charge on any atom is -0.356 e. The molecule has 2 saturated heterocycles. The molecule has 2 aliphatic rings. The van der Waals surface area contributed by atoms with Crippen molar-refractivity contribution in [3.8, 4) is 0 Å². The number of nitrogens with one attached hydrogen (secondary N) is 1. The van der Waals surface area contributed by atoms with Crippen LogP contribution in [-0.2, 0) is 0 Å². The van der Waals surface area contributed by atoms with Gasteiger partial charge in [0, 0.05) is 47.7 Å². The summed E-state index contributed by atoms with van der Waals surface area (Å²) in [6, 6.07) is 11.8. The number of amides is 2. The lowest BCUT2D eigenvalue weighted by atomic mass is 9.90. The van der Waals surface area contributed by atoms with Crippen molar-refractivity contribution in [1.82, 2.24) is 15.0 Å². The number of carbonyl (C=O) groups excluding carboxylic acids is 1. The molecule has 0 saturated carbocycles. The predicted molar refractivity (Wildman–Crippen MR) is 127 cm³/mol. The van der Waals surface area contributed by atoms with E-state index in [9.17, 15) is 9.18 Å². The van der Waals surface area contributed by atoms with E-state index in [1.165, 1.54) is 12.1 Å². The van der Waals surface area contributed by atoms with Crippen molar-refractivity contribution in [1.29, 1.82) is 0 Å². The molecule has 6 nitrogen and oxygen atoms in total. The number of halogens is 2. The van der Waals surface area contributed by atoms with Crippen molar-refractivity contribution < 1.29 is 13.7 Å². The van der Waals surface area contributed by atoms with E-state index in [2.05, 4.69) is 15.4 Å². The second-order valence-electron chi connectivity index (χ2n) is 9.15. The van der Waals surface area contributed by atoms with Crippen molar-refractivity contribution >= 4 is 34.3 Å². The fraction of sp³-hybridized carbons (Fsp3) is 0.440. The predicted octanol–water partition coefficient (Wildman–Crippen LogP) is 5.74. The molecule has 8 heteroatoms. The number of likely N-dealkylation sites (tertiary alicyclic amines) is 2. The second-order valence-corrected chi connectivity index (χ2v) is 9.59. The summed E-state index contributed by atoms with van der Waals surface area (Å²) in [7, 11) is 0. The Morgan fingerprint density at radius 3 is 2.52 bits per heavy atom. The summed E-state index contributed by atoms with van der Waals surface area (Å²) in [5, 5.41) is 8.79. The zero-order valence-corrected chi connectivity index (χ0v) is 19.2. The van der Waals surface area contributed by atoms with Crippen LogP contribution in [0.5, 0.6) is 0 Å². The number of hydrogen-bond donors (Lipinski definition) is 1. The zero-order chi connectivity index (χ0) is 22.8. The van der Waals surface area contributed by atoms with Gasteiger partial charge in [-0.15, -0.1) is 0 Å². The molecule has 0 radical (unpaired) electrons. The van der Waals surface area contributed by atoms with Crippen LogP contribution in [0.1, 0.15) is 37.3 Å². The van der Waals surface area contributed by atoms with Crippen molar-refractivity contribution in [3.05, 3.63) is 59.0 Å². The standard InChI is InChI=1S/C25H28ClFN4O2/c26-19-1-4-21(5-2-19)28-25(32)31-13-7-17(8-14-31)16-30-11-9-18(10-12-30)24-22-6-3-20(27)15-23(22)33-29-24/h1-6,15,17-18H,7-14,16H2,(H,28,32). The lowest BCUT2D eigenvalue weighted by Crippen LogP contribution is -2.44. The summed E-state index contributed by atoms with van der Waals surface area (Å²) >= 11 is 5.91. The van der Waals surface area contributed by atoms with Crippen molar-refractivity contribution in [2.24, 2.45) is 5.92 Å². The maximum Gasteiger partial charge on any atom is 0.321 e. The van der Waals surface area contributed by atoms with Gasteiger partial charge in [0.05, 0.1) is 5.69 Å². The Kier molecular flexibility index (Phi) is 6.51. The van der Waals surface area contributed by atoms with E-state index in [1.54, 1.807) is 18.2 Å². The van der Waals surface area contributed by atoms with Crippen LogP contribution < -0.4 is 5.32 Å². The first-order valence-electron chi connectivity index (χ1n) is 11.6. The minimum absolute atomic E-state index is 0.0451. The van der Waals surface area contributed by atoms with E-state index in [4.69, 9.17) is 16.1 Å². The highest BCUT2D eigenvalue weighted by atomic mass is 35.5. The first-order valence-corrected chi connectivity index (χ1v) is 12.0. The van der Waals surface area contributed by atoms with Crippen LogP contribution in [0.2, 0.25) is 5.02 Å². The van der Waals surface area contributed by atoms with Gasteiger partial charge in [0.25, 0.3) is 0 Å². The van der Waals surface area contributed by atoms with Crippen LogP contribution in [-0.4, -0.2) is 53.7 Å². The minimum atomic E-state index is -0.298. The molecule has 2 fully saturated rings. The van der Waals surface area contributed by atoms with Gasteiger partial charge in [-0.3, -0.25) is 0 Å². The number of urea groups is 1. The molecule has 2 aromatic carbocycles. The zero-order valence-electron chi connectivity index (χ0n) is 18.5. The fourth-order valence-electron chi connectivity index (χ4n) is 5.03. The molecule has 3 heterocycles. The van der Waals surface area contributed by atoms with Gasteiger partial charge in [0.1, 0.15) is 5.82 Å². The van der Waals surface area contributed by atoms with Gasteiger partial charge < -0.3 is 19.6 Å². The van der Waals surface area contributed by atoms with Crippen LogP contribution >= 0.6 is 11.6 Å². The second kappa shape index (κ2) is 9.69. The Labute approximate surface area is 197 Å². The Morgan fingerprint density at radius 1 is 1.06 bits per heavy atom. The van der Waals surface area contributed by atoms with E-state index in [-0.39, 0.29) is 11.8 Å². The Balaban J connectivity index is 1.07. The van der Waals surface area contributed by atoms with Crippen LogP contribution in [0, 0.1) is 11.7 Å². The van der Waals surface area contributed by atoms with E-state index < -0.39 is 0 Å². The van der Waals surface area contributed by atoms with E-state index in [0.717, 1.165) is 75.2 Å². The van der Waals surface area contributed by atoms with Gasteiger partial charge >= 0.3 is 6.03 Å². The molecular formula is C25H28ClFN4O2. The summed E-state index contributed by atoms with van der Waals surface area (Å²) in [6.07, 6.45) is 4.10. The number of anilines is 1. The van der Waals surface area contributed by atoms with Crippen molar-refractivity contribution in [2.45, 2.75) is 31.6 Å². The van der Waals surface area contributed by atoms with Gasteiger partial charge in [0.15, 0.2) is 5.58 Å². The van der Waals surface area contributed by atoms with Crippen LogP contribution in [0.25, 0.3) is 11.0 Å². The molecule has 174 valence electrons. The normalized spacial score (nSPS) is 18.7. The average Bonchev–Trinajstić information content (AvgIpc) is 3.24. The largest absolute Gasteiger partial charge is 0.356 e. The van der Waals surface area contributed by atoms with Gasteiger partial charge in [0.2, 0.25) is 0 Å².